The van der Waals surface area contributed by atoms with Gasteiger partial charge in [0.15, 0.2) is 11.5 Å². The zero-order valence-corrected chi connectivity index (χ0v) is 36.9. The molecule has 0 amide bonds. The van der Waals surface area contributed by atoms with Gasteiger partial charge in [-0.2, -0.15) is 0 Å². The van der Waals surface area contributed by atoms with Gasteiger partial charge in [0.25, 0.3) is 0 Å². The molecule has 3 aliphatic rings. The number of fused-ring (bicyclic) bond motifs is 2. The van der Waals surface area contributed by atoms with Crippen LogP contribution in [0.25, 0.3) is 0 Å². The number of aromatic amines is 1. The molecule has 3 aromatic rings. The van der Waals surface area contributed by atoms with Crippen molar-refractivity contribution in [3.8, 4) is 23.3 Å². The van der Waals surface area contributed by atoms with Crippen molar-refractivity contribution >= 4 is 11.6 Å². The summed E-state index contributed by atoms with van der Waals surface area (Å²) in [4.78, 5) is 32.0. The van der Waals surface area contributed by atoms with Crippen LogP contribution in [-0.2, 0) is 28.9 Å². The van der Waals surface area contributed by atoms with E-state index in [-0.39, 0.29) is 53.8 Å². The molecule has 0 spiro atoms. The highest BCUT2D eigenvalue weighted by Crippen LogP contribution is 2.45. The number of hydrogen-bond donors (Lipinski definition) is 5. The summed E-state index contributed by atoms with van der Waals surface area (Å²) in [5, 5.41) is 26.6. The van der Waals surface area contributed by atoms with Gasteiger partial charge in [-0.3, -0.25) is 9.59 Å². The summed E-state index contributed by atoms with van der Waals surface area (Å²) in [5.41, 5.74) is 13.8. The van der Waals surface area contributed by atoms with Gasteiger partial charge in [0.05, 0.1) is 31.4 Å². The van der Waals surface area contributed by atoms with Crippen molar-refractivity contribution in [1.29, 1.82) is 0 Å². The van der Waals surface area contributed by atoms with E-state index in [1.807, 2.05) is 18.3 Å². The number of phenols is 1. The number of phenolic OH excluding ortho intramolecular Hbond substituents is 1. The number of dihydropyridines is 1. The number of H-pyrrole nitrogens is 1. The number of Topliss-reactive ketones (excluding diaryl/α,β-unsaturated/α-hetero) is 2. The van der Waals surface area contributed by atoms with Crippen molar-refractivity contribution in [2.24, 2.45) is 41.2 Å². The molecule has 2 aliphatic carbocycles. The van der Waals surface area contributed by atoms with E-state index in [0.29, 0.717) is 55.6 Å². The van der Waals surface area contributed by atoms with Crippen molar-refractivity contribution in [3.63, 3.8) is 0 Å². The zero-order valence-electron chi connectivity index (χ0n) is 36.9. The maximum Gasteiger partial charge on any atom is 0.160 e. The molecule has 0 bridgehead atoms. The summed E-state index contributed by atoms with van der Waals surface area (Å²) < 4.78 is 5.56. The molecule has 2 heterocycles. The number of methoxy groups -OCH3 is 1. The van der Waals surface area contributed by atoms with E-state index in [0.717, 1.165) is 60.9 Å². The number of nitrogens with two attached hydrogens (primary N) is 1. The van der Waals surface area contributed by atoms with Gasteiger partial charge < -0.3 is 31.0 Å². The summed E-state index contributed by atoms with van der Waals surface area (Å²) in [5.74, 6) is 8.40. The quantitative estimate of drug-likeness (QED) is 0.0808. The normalized spacial score (nSPS) is 23.4. The number of benzene rings is 2. The summed E-state index contributed by atoms with van der Waals surface area (Å²) in [7, 11) is 1.53. The fourth-order valence-electron chi connectivity index (χ4n) is 10.1. The molecule has 0 saturated heterocycles. The Balaban J connectivity index is 1.47. The molecule has 0 radical (unpaired) electrons. The van der Waals surface area contributed by atoms with Crippen LogP contribution in [0.15, 0.2) is 72.2 Å². The molecule has 8 heteroatoms. The monoisotopic (exact) mass is 816 g/mol. The molecule has 6 N–H and O–H groups in total. The van der Waals surface area contributed by atoms with Gasteiger partial charge in [0.1, 0.15) is 11.6 Å². The van der Waals surface area contributed by atoms with E-state index in [1.54, 1.807) is 6.07 Å². The molecule has 2 aromatic carbocycles. The SMILES string of the molecule is CCCC(C(O)Cc1cc(C(C)C)c[nH]1)C1CC(CC2=CCNC(N)=C2)CC2C#CC(c3ccccc3CCC(C)C)c3cc(O)c(OC)cc3CCC(=O)CC(=O)C2C1. The third kappa shape index (κ3) is 11.3. The van der Waals surface area contributed by atoms with Crippen LogP contribution in [0.4, 0.5) is 0 Å². The third-order valence-electron chi connectivity index (χ3n) is 13.4. The highest BCUT2D eigenvalue weighted by molar-refractivity contribution is 6.00. The van der Waals surface area contributed by atoms with Gasteiger partial charge in [-0.15, -0.1) is 0 Å². The number of aliphatic hydroxyl groups is 1. The number of ether oxygens (including phenoxy) is 1. The second kappa shape index (κ2) is 20.7. The lowest BCUT2D eigenvalue weighted by Gasteiger charge is -2.33. The third-order valence-corrected chi connectivity index (χ3v) is 13.4. The Morgan fingerprint density at radius 2 is 1.78 bits per heavy atom. The lowest BCUT2D eigenvalue weighted by molar-refractivity contribution is -0.130. The molecular weight excluding hydrogens is 747 g/mol. The van der Waals surface area contributed by atoms with E-state index in [1.165, 1.54) is 23.8 Å². The zero-order chi connectivity index (χ0) is 42.9. The number of rotatable bonds is 14. The predicted octanol–water partition coefficient (Wildman–Crippen LogP) is 9.44. The summed E-state index contributed by atoms with van der Waals surface area (Å²) >= 11 is 0. The molecule has 1 aliphatic heterocycles. The Bertz CT molecular complexity index is 2080. The van der Waals surface area contributed by atoms with Gasteiger partial charge in [0.2, 0.25) is 0 Å². The summed E-state index contributed by atoms with van der Waals surface area (Å²) in [6.45, 7) is 11.7. The van der Waals surface area contributed by atoms with Crippen molar-refractivity contribution in [3.05, 3.63) is 106 Å². The molecule has 1 saturated carbocycles. The van der Waals surface area contributed by atoms with Crippen molar-refractivity contribution in [2.45, 2.75) is 130 Å². The number of aromatic hydroxyl groups is 1. The number of aromatic nitrogens is 1. The van der Waals surface area contributed by atoms with Gasteiger partial charge >= 0.3 is 0 Å². The number of carbonyl (C=O) groups is 2. The average molecular weight is 816 g/mol. The van der Waals surface area contributed by atoms with Gasteiger partial charge in [-0.25, -0.2) is 0 Å². The molecular formula is C52H69N3O5. The lowest BCUT2D eigenvalue weighted by atomic mass is 9.73. The highest BCUT2D eigenvalue weighted by Gasteiger charge is 2.41. The van der Waals surface area contributed by atoms with Crippen LogP contribution in [0.1, 0.15) is 138 Å². The summed E-state index contributed by atoms with van der Waals surface area (Å²) in [6.07, 6.45) is 13.2. The fourth-order valence-corrected chi connectivity index (χ4v) is 10.1. The number of carbonyl (C=O) groups excluding carboxylic acids is 2. The molecule has 1 aromatic heterocycles. The first-order valence-electron chi connectivity index (χ1n) is 22.6. The maximum absolute atomic E-state index is 14.7. The van der Waals surface area contributed by atoms with Crippen LogP contribution in [0.2, 0.25) is 0 Å². The number of allylic oxidation sites excluding steroid dienone is 2. The van der Waals surface area contributed by atoms with Crippen LogP contribution < -0.4 is 15.8 Å². The Kier molecular flexibility index (Phi) is 15.4. The first-order valence-corrected chi connectivity index (χ1v) is 22.6. The van der Waals surface area contributed by atoms with E-state index in [4.69, 9.17) is 10.5 Å². The number of aryl methyl sites for hydroxylation is 2. The minimum Gasteiger partial charge on any atom is -0.504 e. The topological polar surface area (TPSA) is 138 Å². The number of nitrogens with one attached hydrogen (secondary N) is 2. The van der Waals surface area contributed by atoms with Crippen LogP contribution in [0, 0.1) is 47.3 Å². The van der Waals surface area contributed by atoms with E-state index < -0.39 is 17.9 Å². The molecule has 7 unspecified atom stereocenters. The minimum atomic E-state index is -0.596. The van der Waals surface area contributed by atoms with Gasteiger partial charge in [-0.1, -0.05) is 83.2 Å². The molecule has 8 nitrogen and oxygen atoms in total. The largest absolute Gasteiger partial charge is 0.504 e. The first kappa shape index (κ1) is 44.8. The highest BCUT2D eigenvalue weighted by atomic mass is 16.5. The molecule has 1 fully saturated rings. The minimum absolute atomic E-state index is 0.0343. The van der Waals surface area contributed by atoms with Crippen molar-refractivity contribution in [1.82, 2.24) is 10.3 Å². The first-order chi connectivity index (χ1) is 28.8. The second-order valence-corrected chi connectivity index (χ2v) is 18.6. The Labute approximate surface area is 358 Å². The van der Waals surface area contributed by atoms with Crippen LogP contribution in [0.5, 0.6) is 11.5 Å². The molecule has 7 atom stereocenters. The number of hydrogen-bond acceptors (Lipinski definition) is 7. The van der Waals surface area contributed by atoms with Crippen LogP contribution in [0.3, 0.4) is 0 Å². The Morgan fingerprint density at radius 3 is 2.50 bits per heavy atom. The van der Waals surface area contributed by atoms with Crippen molar-refractivity contribution < 1.29 is 24.5 Å². The number of ketones is 2. The average Bonchev–Trinajstić information content (AvgIpc) is 3.61. The second-order valence-electron chi connectivity index (χ2n) is 18.6. The maximum atomic E-state index is 14.7. The van der Waals surface area contributed by atoms with E-state index in [2.05, 4.69) is 93.2 Å². The van der Waals surface area contributed by atoms with E-state index >= 15 is 0 Å². The molecule has 60 heavy (non-hydrogen) atoms. The van der Waals surface area contributed by atoms with Gasteiger partial charge in [0, 0.05) is 43.1 Å². The standard InChI is InChI=1S/C52H69N3O5/c1-7-10-44(48(57)28-41-25-40(31-55-41)33(4)5)39-23-35(21-34-19-20-54-52(53)24-34)22-37-16-18-45(43-12-9-8-11-36(43)14-13-32(2)3)46-30-50(59)51(60-6)27-38(46)15-17-42(56)29-49(58)47(37)26-39/h8-9,11-12,19,24-25,27,30-33,35,37,39,44-45,47-48,54-55,57,59H,7,10,13-15,17,20-23,26,28-29,53H2,1-6H3. The predicted molar refractivity (Wildman–Crippen MR) is 241 cm³/mol. The molecule has 6 rings (SSSR count). The Morgan fingerprint density at radius 1 is 0.983 bits per heavy atom. The van der Waals surface area contributed by atoms with Crippen LogP contribution in [-0.4, -0.2) is 46.5 Å². The smallest absolute Gasteiger partial charge is 0.160 e. The summed E-state index contributed by atoms with van der Waals surface area (Å²) in [6, 6.07) is 14.3. The fraction of sp³-hybridized carbons (Fsp3) is 0.538. The number of aliphatic hydroxyl groups excluding tert-OH is 1. The Hall–Kier alpha value is -4.74. The lowest BCUT2D eigenvalue weighted by Crippen LogP contribution is -2.33. The van der Waals surface area contributed by atoms with Crippen LogP contribution >= 0.6 is 0 Å². The van der Waals surface area contributed by atoms with Gasteiger partial charge in [-0.05, 0) is 139 Å². The van der Waals surface area contributed by atoms with Crippen molar-refractivity contribution in [2.75, 3.05) is 13.7 Å². The molecule has 322 valence electrons. The van der Waals surface area contributed by atoms with E-state index in [9.17, 15) is 19.8 Å².